The van der Waals surface area contributed by atoms with Crippen molar-refractivity contribution in [1.29, 1.82) is 0 Å². The Hall–Kier alpha value is -2.44. The first-order valence-corrected chi connectivity index (χ1v) is 3.63. The molecule has 0 bridgehead atoms. The Bertz CT molecular complexity index is 398. The van der Waals surface area contributed by atoms with Gasteiger partial charge in [0.05, 0.1) is 0 Å². The van der Waals surface area contributed by atoms with Crippen molar-refractivity contribution in [2.75, 3.05) is 0 Å². The second kappa shape index (κ2) is 4.18. The van der Waals surface area contributed by atoms with Crippen molar-refractivity contribution in [3.05, 3.63) is 18.2 Å². The lowest BCUT2D eigenvalue weighted by molar-refractivity contribution is 0.132. The molecule has 0 aliphatic heterocycles. The Morgan fingerprint density at radius 3 is 2.07 bits per heavy atom. The first kappa shape index (κ1) is 10.6. The van der Waals surface area contributed by atoms with Gasteiger partial charge in [-0.3, -0.25) is 0 Å². The summed E-state index contributed by atoms with van der Waals surface area (Å²) >= 11 is 0. The second-order valence-corrected chi connectivity index (χ2v) is 2.37. The minimum absolute atomic E-state index is 0.274. The van der Waals surface area contributed by atoms with Gasteiger partial charge in [-0.15, -0.1) is 0 Å². The van der Waals surface area contributed by atoms with Gasteiger partial charge in [0.25, 0.3) is 0 Å². The van der Waals surface area contributed by atoms with E-state index in [0.29, 0.717) is 0 Å². The number of aromatic hydroxyl groups is 1. The Balaban J connectivity index is 3.02. The third-order valence-corrected chi connectivity index (χ3v) is 1.32. The van der Waals surface area contributed by atoms with Gasteiger partial charge in [0.1, 0.15) is 5.75 Å². The maximum absolute atomic E-state index is 10.2. The average Bonchev–Trinajstić information content (AvgIpc) is 2.08. The van der Waals surface area contributed by atoms with Crippen molar-refractivity contribution in [2.24, 2.45) is 0 Å². The molecule has 80 valence electrons. The molecule has 0 unspecified atom stereocenters. The highest BCUT2D eigenvalue weighted by atomic mass is 16.7. The molecule has 0 saturated heterocycles. The smallest absolute Gasteiger partial charge is 0.508 e. The van der Waals surface area contributed by atoms with E-state index in [1.165, 1.54) is 0 Å². The molecule has 0 spiro atoms. The summed E-state index contributed by atoms with van der Waals surface area (Å²) in [7, 11) is 0. The molecule has 0 fully saturated rings. The number of hydrogen-bond acceptors (Lipinski definition) is 5. The van der Waals surface area contributed by atoms with E-state index in [4.69, 9.17) is 15.3 Å². The van der Waals surface area contributed by atoms with E-state index in [0.717, 1.165) is 18.2 Å². The molecule has 0 radical (unpaired) electrons. The van der Waals surface area contributed by atoms with E-state index in [9.17, 15) is 9.59 Å². The van der Waals surface area contributed by atoms with Crippen molar-refractivity contribution in [3.63, 3.8) is 0 Å². The summed E-state index contributed by atoms with van der Waals surface area (Å²) in [6.45, 7) is 0. The summed E-state index contributed by atoms with van der Waals surface area (Å²) in [5, 5.41) is 25.6. The fourth-order valence-corrected chi connectivity index (χ4v) is 0.849. The van der Waals surface area contributed by atoms with E-state index in [1.54, 1.807) is 0 Å². The number of carboxylic acid groups (broad SMARTS) is 2. The standard InChI is InChI=1S/C8H6O7/c9-4-1-2-5(14-7(10)11)6(3-4)15-8(12)13/h1-3,9H,(H,10,11)(H,12,13). The van der Waals surface area contributed by atoms with Crippen molar-refractivity contribution < 1.29 is 34.4 Å². The highest BCUT2D eigenvalue weighted by Crippen LogP contribution is 2.31. The summed E-state index contributed by atoms with van der Waals surface area (Å²) in [5.74, 6) is -0.989. The molecule has 7 heteroatoms. The highest BCUT2D eigenvalue weighted by Gasteiger charge is 2.12. The topological polar surface area (TPSA) is 113 Å². The molecule has 15 heavy (non-hydrogen) atoms. The third-order valence-electron chi connectivity index (χ3n) is 1.32. The molecule has 3 N–H and O–H groups in total. The quantitative estimate of drug-likeness (QED) is 0.504. The number of phenolic OH excluding ortho intramolecular Hbond substituents is 1. The summed E-state index contributed by atoms with van der Waals surface area (Å²) in [6.07, 6.45) is -3.26. The molecule has 1 aromatic rings. The van der Waals surface area contributed by atoms with Crippen LogP contribution in [0.4, 0.5) is 9.59 Å². The van der Waals surface area contributed by atoms with Crippen molar-refractivity contribution in [1.82, 2.24) is 0 Å². The Morgan fingerprint density at radius 1 is 1.00 bits per heavy atom. The van der Waals surface area contributed by atoms with Crippen LogP contribution in [-0.4, -0.2) is 27.6 Å². The summed E-state index contributed by atoms with van der Waals surface area (Å²) in [4.78, 5) is 20.4. The van der Waals surface area contributed by atoms with Crippen LogP contribution in [0.1, 0.15) is 0 Å². The van der Waals surface area contributed by atoms with E-state index >= 15 is 0 Å². The Kier molecular flexibility index (Phi) is 2.97. The number of benzene rings is 1. The molecule has 1 aromatic carbocycles. The van der Waals surface area contributed by atoms with E-state index in [1.807, 2.05) is 0 Å². The van der Waals surface area contributed by atoms with Crippen molar-refractivity contribution in [3.8, 4) is 17.2 Å². The monoisotopic (exact) mass is 214 g/mol. The molecular formula is C8H6O7. The molecule has 7 nitrogen and oxygen atoms in total. The minimum Gasteiger partial charge on any atom is -0.508 e. The first-order chi connectivity index (χ1) is 6.99. The normalized spacial score (nSPS) is 9.33. The van der Waals surface area contributed by atoms with Crippen LogP contribution in [0.2, 0.25) is 0 Å². The van der Waals surface area contributed by atoms with Crippen LogP contribution in [0.15, 0.2) is 18.2 Å². The first-order valence-electron chi connectivity index (χ1n) is 3.63. The lowest BCUT2D eigenvalue weighted by Gasteiger charge is -2.06. The van der Waals surface area contributed by atoms with E-state index in [2.05, 4.69) is 9.47 Å². The maximum Gasteiger partial charge on any atom is 0.511 e. The number of hydrogen-bond donors (Lipinski definition) is 3. The molecule has 0 aliphatic carbocycles. The molecule has 0 saturated carbocycles. The predicted molar refractivity (Wildman–Crippen MR) is 45.4 cm³/mol. The third kappa shape index (κ3) is 3.07. The fraction of sp³-hybridized carbons (Fsp3) is 0. The molecule has 0 amide bonds. The van der Waals surface area contributed by atoms with Gasteiger partial charge < -0.3 is 24.8 Å². The van der Waals surface area contributed by atoms with Crippen LogP contribution in [0, 0.1) is 0 Å². The number of phenols is 1. The molecule has 0 aromatic heterocycles. The predicted octanol–water partition coefficient (Wildman–Crippen LogP) is 1.51. The van der Waals surface area contributed by atoms with Crippen LogP contribution in [0.3, 0.4) is 0 Å². The van der Waals surface area contributed by atoms with Gasteiger partial charge in [-0.05, 0) is 12.1 Å². The second-order valence-electron chi connectivity index (χ2n) is 2.37. The van der Waals surface area contributed by atoms with E-state index < -0.39 is 18.1 Å². The fourth-order valence-electron chi connectivity index (χ4n) is 0.849. The molecule has 0 aliphatic rings. The summed E-state index contributed by atoms with van der Waals surface area (Å²) in [5.41, 5.74) is 0. The van der Waals surface area contributed by atoms with Gasteiger partial charge in [0, 0.05) is 6.07 Å². The highest BCUT2D eigenvalue weighted by molar-refractivity contribution is 5.67. The number of rotatable bonds is 2. The summed E-state index contributed by atoms with van der Waals surface area (Å²) in [6, 6.07) is 3.13. The maximum atomic E-state index is 10.2. The zero-order valence-electron chi connectivity index (χ0n) is 7.21. The lowest BCUT2D eigenvalue weighted by atomic mass is 10.3. The number of carbonyl (C=O) groups is 2. The Labute approximate surface area is 83.1 Å². The minimum atomic E-state index is -1.64. The van der Waals surface area contributed by atoms with Crippen LogP contribution < -0.4 is 9.47 Å². The zero-order valence-corrected chi connectivity index (χ0v) is 7.21. The largest absolute Gasteiger partial charge is 0.511 e. The van der Waals surface area contributed by atoms with Crippen LogP contribution in [-0.2, 0) is 0 Å². The van der Waals surface area contributed by atoms with Crippen LogP contribution in [0.25, 0.3) is 0 Å². The van der Waals surface area contributed by atoms with Crippen molar-refractivity contribution in [2.45, 2.75) is 0 Å². The van der Waals surface area contributed by atoms with Crippen molar-refractivity contribution >= 4 is 12.3 Å². The van der Waals surface area contributed by atoms with E-state index in [-0.39, 0.29) is 11.5 Å². The van der Waals surface area contributed by atoms with Crippen LogP contribution in [0.5, 0.6) is 17.2 Å². The summed E-state index contributed by atoms with van der Waals surface area (Å²) < 4.78 is 8.41. The number of ether oxygens (including phenoxy) is 2. The van der Waals surface area contributed by atoms with Gasteiger partial charge >= 0.3 is 12.3 Å². The molecule has 0 heterocycles. The van der Waals surface area contributed by atoms with Crippen LogP contribution >= 0.6 is 0 Å². The molecule has 0 atom stereocenters. The molecular weight excluding hydrogens is 208 g/mol. The zero-order chi connectivity index (χ0) is 11.4. The average molecular weight is 214 g/mol. The van der Waals surface area contributed by atoms with Gasteiger partial charge in [-0.1, -0.05) is 0 Å². The van der Waals surface area contributed by atoms with Gasteiger partial charge in [-0.2, -0.15) is 0 Å². The SMILES string of the molecule is O=C(O)Oc1ccc(O)cc1OC(=O)O. The van der Waals surface area contributed by atoms with Gasteiger partial charge in [0.15, 0.2) is 11.5 Å². The van der Waals surface area contributed by atoms with Gasteiger partial charge in [-0.25, -0.2) is 9.59 Å². The molecule has 1 rings (SSSR count). The lowest BCUT2D eigenvalue weighted by Crippen LogP contribution is -2.08. The Morgan fingerprint density at radius 2 is 1.53 bits per heavy atom. The van der Waals surface area contributed by atoms with Gasteiger partial charge in [0.2, 0.25) is 0 Å².